The van der Waals surface area contributed by atoms with E-state index in [-0.39, 0.29) is 23.7 Å². The van der Waals surface area contributed by atoms with Crippen molar-refractivity contribution >= 4 is 37.9 Å². The second kappa shape index (κ2) is 9.36. The smallest absolute Gasteiger partial charge is 0.255 e. The molecule has 0 saturated heterocycles. The zero-order valence-corrected chi connectivity index (χ0v) is 20.5. The van der Waals surface area contributed by atoms with E-state index in [2.05, 4.69) is 36.7 Å². The number of methoxy groups -OCH3 is 1. The van der Waals surface area contributed by atoms with E-state index in [0.717, 1.165) is 16.7 Å². The van der Waals surface area contributed by atoms with E-state index in [0.29, 0.717) is 21.2 Å². The normalized spacial score (nSPS) is 16.7. The van der Waals surface area contributed by atoms with E-state index < -0.39 is 15.9 Å². The second-order valence-corrected chi connectivity index (χ2v) is 10.0. The Labute approximate surface area is 209 Å². The Balaban J connectivity index is 1.71. The molecule has 4 aromatic rings. The quantitative estimate of drug-likeness (QED) is 0.392. The van der Waals surface area contributed by atoms with Crippen molar-refractivity contribution in [2.24, 2.45) is 0 Å². The third-order valence-electron chi connectivity index (χ3n) is 5.13. The van der Waals surface area contributed by atoms with Gasteiger partial charge in [-0.15, -0.1) is 0 Å². The Hall–Kier alpha value is -4.36. The van der Waals surface area contributed by atoms with E-state index in [1.165, 1.54) is 42.9 Å². The van der Waals surface area contributed by atoms with Gasteiger partial charge in [-0.1, -0.05) is 30.1 Å². The van der Waals surface area contributed by atoms with Crippen LogP contribution in [0.1, 0.15) is 5.69 Å². The summed E-state index contributed by atoms with van der Waals surface area (Å²) in [4.78, 5) is 26.6. The number of carbonyl (C=O) groups is 1. The van der Waals surface area contributed by atoms with Crippen LogP contribution in [0.5, 0.6) is 5.88 Å². The van der Waals surface area contributed by atoms with Gasteiger partial charge in [0.25, 0.3) is 15.9 Å². The second-order valence-electron chi connectivity index (χ2n) is 7.56. The number of sulfonamides is 1. The molecule has 0 spiro atoms. The molecule has 5 heterocycles. The van der Waals surface area contributed by atoms with Gasteiger partial charge >= 0.3 is 0 Å². The van der Waals surface area contributed by atoms with Gasteiger partial charge in [0, 0.05) is 23.5 Å². The average Bonchev–Trinajstić information content (AvgIpc) is 3.45. The lowest BCUT2D eigenvalue weighted by molar-refractivity contribution is -0.117. The number of imidazole rings is 1. The molecule has 6 bridgehead atoms. The lowest BCUT2D eigenvalue weighted by Gasteiger charge is -2.11. The number of ether oxygens (including phenoxy) is 1. The summed E-state index contributed by atoms with van der Waals surface area (Å²) in [5, 5.41) is 8.79. The van der Waals surface area contributed by atoms with Crippen LogP contribution in [0.4, 0.5) is 5.69 Å². The van der Waals surface area contributed by atoms with Gasteiger partial charge in [0.2, 0.25) is 10.8 Å². The molecule has 0 radical (unpaired) electrons. The Morgan fingerprint density at radius 2 is 2.06 bits per heavy atom. The Bertz CT molecular complexity index is 1670. The number of allylic oxidation sites excluding steroid dienone is 2. The van der Waals surface area contributed by atoms with E-state index >= 15 is 0 Å². The number of amides is 1. The van der Waals surface area contributed by atoms with E-state index in [1.54, 1.807) is 23.0 Å². The number of aromatic nitrogens is 5. The summed E-state index contributed by atoms with van der Waals surface area (Å²) in [5.41, 5.74) is 2.67. The zero-order chi connectivity index (χ0) is 25.3. The summed E-state index contributed by atoms with van der Waals surface area (Å²) < 4.78 is 35.4. The molecule has 182 valence electrons. The third-order valence-corrected chi connectivity index (χ3v) is 7.17. The first kappa shape index (κ1) is 23.4. The van der Waals surface area contributed by atoms with Crippen molar-refractivity contribution in [1.29, 1.82) is 0 Å². The van der Waals surface area contributed by atoms with Gasteiger partial charge in [-0.3, -0.25) is 14.5 Å². The van der Waals surface area contributed by atoms with Crippen molar-refractivity contribution < 1.29 is 17.9 Å². The molecule has 4 aromatic heterocycles. The van der Waals surface area contributed by atoms with Gasteiger partial charge in [-0.25, -0.2) is 22.9 Å². The molecule has 36 heavy (non-hydrogen) atoms. The molecule has 1 amide bonds. The van der Waals surface area contributed by atoms with Gasteiger partial charge < -0.3 is 10.1 Å². The molecule has 5 rings (SSSR count). The Kier molecular flexibility index (Phi) is 6.08. The molecular weight excluding hydrogens is 502 g/mol. The molecule has 0 fully saturated rings. The molecule has 0 unspecified atom stereocenters. The molecule has 11 nitrogen and oxygen atoms in total. The van der Waals surface area contributed by atoms with Crippen LogP contribution in [-0.2, 0) is 21.4 Å². The molecule has 0 atom stereocenters. The number of hydrogen-bond acceptors (Lipinski definition) is 9. The molecule has 0 aliphatic carbocycles. The number of fused-ring (bicyclic) bond motifs is 7. The first-order chi connectivity index (χ1) is 17.4. The highest BCUT2D eigenvalue weighted by atomic mass is 32.2. The van der Waals surface area contributed by atoms with Crippen molar-refractivity contribution in [2.45, 2.75) is 6.54 Å². The number of carbonyl (C=O) groups excluding carboxylic acids is 1. The topological polar surface area (TPSA) is 140 Å². The maximum atomic E-state index is 13.0. The summed E-state index contributed by atoms with van der Waals surface area (Å²) in [5.74, 6) is -0.547. The number of nitrogens with one attached hydrogen (secondary N) is 2. The minimum Gasteiger partial charge on any atom is -0.480 e. The standard InChI is InChI=1S/C23H19N7O4S2/c1-3-4-5-15-13-36(32,33)29-18-9-16(10-26-21(18)34-2)22-28-30-19(12-27-23(30)35-22)14-6-7-24-17(8-14)11-25-20(15)31/h3-10,12-13,29H,1,11H2,2H3,(H,25,31)/b5-4-,15-13+. The number of nitrogens with zero attached hydrogens (tertiary/aromatic N) is 5. The van der Waals surface area contributed by atoms with E-state index in [9.17, 15) is 13.2 Å². The summed E-state index contributed by atoms with van der Waals surface area (Å²) in [6.07, 6.45) is 9.13. The monoisotopic (exact) mass is 521 g/mol. The minimum absolute atomic E-state index is 0.0606. The van der Waals surface area contributed by atoms with Gasteiger partial charge in [0.15, 0.2) is 0 Å². The highest BCUT2D eigenvalue weighted by Gasteiger charge is 2.20. The van der Waals surface area contributed by atoms with Crippen molar-refractivity contribution in [3.05, 3.63) is 78.3 Å². The predicted molar refractivity (Wildman–Crippen MR) is 136 cm³/mol. The first-order valence-corrected chi connectivity index (χ1v) is 12.9. The SMILES string of the molecule is C=C/C=C\C1=C/S(=O)(=O)Nc2cc(cnc2OC)-c2nn3c(cnc3s2)-c2ccnc(c2)CNC1=O. The van der Waals surface area contributed by atoms with Gasteiger partial charge in [0.05, 0.1) is 42.2 Å². The van der Waals surface area contributed by atoms with Crippen LogP contribution in [0.3, 0.4) is 0 Å². The van der Waals surface area contributed by atoms with E-state index in [1.807, 2.05) is 12.1 Å². The van der Waals surface area contributed by atoms with Gasteiger partial charge in [0.1, 0.15) is 10.7 Å². The van der Waals surface area contributed by atoms with Crippen LogP contribution in [0, 0.1) is 0 Å². The number of anilines is 1. The predicted octanol–water partition coefficient (Wildman–Crippen LogP) is 2.92. The fraction of sp³-hybridized carbons (Fsp3) is 0.0870. The maximum Gasteiger partial charge on any atom is 0.255 e. The zero-order valence-electron chi connectivity index (χ0n) is 18.9. The number of pyridine rings is 2. The molecular formula is C23H19N7O4S2. The van der Waals surface area contributed by atoms with Crippen LogP contribution >= 0.6 is 11.3 Å². The highest BCUT2D eigenvalue weighted by Crippen LogP contribution is 2.33. The van der Waals surface area contributed by atoms with Crippen molar-refractivity contribution in [2.75, 3.05) is 11.8 Å². The molecule has 2 N–H and O–H groups in total. The fourth-order valence-electron chi connectivity index (χ4n) is 3.51. The maximum absolute atomic E-state index is 13.0. The van der Waals surface area contributed by atoms with Gasteiger partial charge in [-0.2, -0.15) is 5.10 Å². The minimum atomic E-state index is -4.16. The van der Waals surface area contributed by atoms with Crippen molar-refractivity contribution in [3.8, 4) is 27.7 Å². The highest BCUT2D eigenvalue weighted by molar-refractivity contribution is 7.95. The summed E-state index contributed by atoms with van der Waals surface area (Å²) >= 11 is 1.33. The lowest BCUT2D eigenvalue weighted by Crippen LogP contribution is -2.25. The number of rotatable bonds is 3. The first-order valence-electron chi connectivity index (χ1n) is 10.5. The van der Waals surface area contributed by atoms with Crippen LogP contribution < -0.4 is 14.8 Å². The Morgan fingerprint density at radius 1 is 1.19 bits per heavy atom. The number of hydrogen-bond donors (Lipinski definition) is 2. The van der Waals surface area contributed by atoms with Gasteiger partial charge in [-0.05, 0) is 24.3 Å². The largest absolute Gasteiger partial charge is 0.480 e. The van der Waals surface area contributed by atoms with E-state index in [4.69, 9.17) is 4.74 Å². The van der Waals surface area contributed by atoms with Crippen LogP contribution in [0.15, 0.2) is 72.6 Å². The molecule has 1 aliphatic rings. The lowest BCUT2D eigenvalue weighted by atomic mass is 10.2. The molecule has 13 heteroatoms. The fourth-order valence-corrected chi connectivity index (χ4v) is 5.40. The molecule has 0 aromatic carbocycles. The summed E-state index contributed by atoms with van der Waals surface area (Å²) in [6, 6.07) is 5.20. The molecule has 1 aliphatic heterocycles. The van der Waals surface area contributed by atoms with Crippen LogP contribution in [0.25, 0.3) is 26.8 Å². The molecule has 0 saturated carbocycles. The van der Waals surface area contributed by atoms with Crippen LogP contribution in [0.2, 0.25) is 0 Å². The van der Waals surface area contributed by atoms with Crippen molar-refractivity contribution in [3.63, 3.8) is 0 Å². The average molecular weight is 522 g/mol. The Morgan fingerprint density at radius 3 is 2.86 bits per heavy atom. The van der Waals surface area contributed by atoms with Crippen LogP contribution in [-0.4, -0.2) is 46.0 Å². The summed E-state index contributed by atoms with van der Waals surface area (Å²) in [7, 11) is -2.78. The van der Waals surface area contributed by atoms with Crippen molar-refractivity contribution in [1.82, 2.24) is 29.9 Å². The third kappa shape index (κ3) is 4.61. The summed E-state index contributed by atoms with van der Waals surface area (Å²) in [6.45, 7) is 3.65.